The van der Waals surface area contributed by atoms with Crippen LogP contribution in [0.25, 0.3) is 0 Å². The maximum Gasteiger partial charge on any atom is 0.240 e. The first-order chi connectivity index (χ1) is 8.95. The second-order valence-corrected chi connectivity index (χ2v) is 4.54. The Bertz CT molecular complexity index is 500. The molecule has 0 atom stereocenters. The summed E-state index contributed by atoms with van der Waals surface area (Å²) in [6.07, 6.45) is 1.58. The van der Waals surface area contributed by atoms with E-state index in [0.717, 1.165) is 5.56 Å². The third-order valence-electron chi connectivity index (χ3n) is 2.59. The van der Waals surface area contributed by atoms with Gasteiger partial charge in [-0.05, 0) is 24.6 Å². The van der Waals surface area contributed by atoms with Crippen molar-refractivity contribution in [2.24, 2.45) is 0 Å². The summed E-state index contributed by atoms with van der Waals surface area (Å²) >= 11 is 6.03. The lowest BCUT2D eigenvalue weighted by Gasteiger charge is -2.21. The Labute approximate surface area is 118 Å². The van der Waals surface area contributed by atoms with E-state index in [-0.39, 0.29) is 18.4 Å². The fourth-order valence-corrected chi connectivity index (χ4v) is 1.69. The molecule has 0 unspecified atom stereocenters. The summed E-state index contributed by atoms with van der Waals surface area (Å²) < 4.78 is 0. The van der Waals surface area contributed by atoms with Crippen LogP contribution in [-0.2, 0) is 9.59 Å². The number of halogens is 1. The largest absolute Gasteiger partial charge is 0.351 e. The van der Waals surface area contributed by atoms with E-state index in [2.05, 4.69) is 11.9 Å². The third-order valence-corrected chi connectivity index (χ3v) is 3.00. The molecule has 1 aromatic rings. The van der Waals surface area contributed by atoms with Crippen LogP contribution in [0, 0.1) is 6.92 Å². The molecular weight excluding hydrogens is 264 g/mol. The molecule has 4 nitrogen and oxygen atoms in total. The van der Waals surface area contributed by atoms with Crippen molar-refractivity contribution in [2.75, 3.05) is 18.0 Å². The van der Waals surface area contributed by atoms with Gasteiger partial charge in [-0.3, -0.25) is 9.59 Å². The maximum atomic E-state index is 11.7. The van der Waals surface area contributed by atoms with E-state index in [1.165, 1.54) is 11.8 Å². The van der Waals surface area contributed by atoms with Crippen molar-refractivity contribution in [2.45, 2.75) is 13.8 Å². The summed E-state index contributed by atoms with van der Waals surface area (Å²) in [6.45, 7) is 7.14. The Hall–Kier alpha value is -1.81. The Morgan fingerprint density at radius 1 is 1.47 bits per heavy atom. The summed E-state index contributed by atoms with van der Waals surface area (Å²) in [4.78, 5) is 24.7. The van der Waals surface area contributed by atoms with Gasteiger partial charge in [-0.15, -0.1) is 6.58 Å². The Kier molecular flexibility index (Phi) is 5.57. The minimum absolute atomic E-state index is 0.0391. The fourth-order valence-electron chi connectivity index (χ4n) is 1.52. The molecule has 1 rings (SSSR count). The highest BCUT2D eigenvalue weighted by Gasteiger charge is 2.16. The zero-order valence-electron chi connectivity index (χ0n) is 11.1. The van der Waals surface area contributed by atoms with Crippen molar-refractivity contribution < 1.29 is 9.59 Å². The van der Waals surface area contributed by atoms with Gasteiger partial charge in [0.25, 0.3) is 0 Å². The number of hydrogen-bond donors (Lipinski definition) is 1. The standard InChI is InChI=1S/C14H17ClN2O2/c1-4-7-16-14(19)9-17(11(3)18)12-6-5-10(2)13(15)8-12/h4-6,8H,1,7,9H2,2-3H3,(H,16,19). The summed E-state index contributed by atoms with van der Waals surface area (Å²) in [5.74, 6) is -0.458. The van der Waals surface area contributed by atoms with E-state index in [4.69, 9.17) is 11.6 Å². The lowest BCUT2D eigenvalue weighted by atomic mass is 10.2. The van der Waals surface area contributed by atoms with Crippen LogP contribution in [-0.4, -0.2) is 24.9 Å². The van der Waals surface area contributed by atoms with Crippen molar-refractivity contribution in [1.82, 2.24) is 5.32 Å². The zero-order valence-corrected chi connectivity index (χ0v) is 11.8. The maximum absolute atomic E-state index is 11.7. The lowest BCUT2D eigenvalue weighted by molar-refractivity contribution is -0.122. The van der Waals surface area contributed by atoms with Gasteiger partial charge in [0.1, 0.15) is 6.54 Å². The average Bonchev–Trinajstić information content (AvgIpc) is 2.36. The van der Waals surface area contributed by atoms with Crippen LogP contribution in [0.4, 0.5) is 5.69 Å². The molecule has 0 radical (unpaired) electrons. The third kappa shape index (κ3) is 4.41. The lowest BCUT2D eigenvalue weighted by Crippen LogP contribution is -2.39. The Balaban J connectivity index is 2.88. The first kappa shape index (κ1) is 15.2. The van der Waals surface area contributed by atoms with Gasteiger partial charge in [0.2, 0.25) is 11.8 Å². The SMILES string of the molecule is C=CCNC(=O)CN(C(C)=O)c1ccc(C)c(Cl)c1. The average molecular weight is 281 g/mol. The zero-order chi connectivity index (χ0) is 14.4. The monoisotopic (exact) mass is 280 g/mol. The van der Waals surface area contributed by atoms with Gasteiger partial charge in [-0.25, -0.2) is 0 Å². The predicted octanol–water partition coefficient (Wildman–Crippen LogP) is 2.30. The smallest absolute Gasteiger partial charge is 0.240 e. The summed E-state index contributed by atoms with van der Waals surface area (Å²) in [5.41, 5.74) is 1.53. The molecule has 0 fully saturated rings. The van der Waals surface area contributed by atoms with E-state index in [0.29, 0.717) is 17.3 Å². The molecule has 0 bridgehead atoms. The normalized spacial score (nSPS) is 9.84. The number of nitrogens with zero attached hydrogens (tertiary/aromatic N) is 1. The van der Waals surface area contributed by atoms with Gasteiger partial charge in [-0.2, -0.15) is 0 Å². The van der Waals surface area contributed by atoms with Gasteiger partial charge >= 0.3 is 0 Å². The van der Waals surface area contributed by atoms with Gasteiger partial charge in [0.15, 0.2) is 0 Å². The van der Waals surface area contributed by atoms with Crippen LogP contribution in [0.2, 0.25) is 5.02 Å². The first-order valence-corrected chi connectivity index (χ1v) is 6.25. The van der Waals surface area contributed by atoms with Crippen LogP contribution in [0.3, 0.4) is 0 Å². The molecule has 102 valence electrons. The molecule has 19 heavy (non-hydrogen) atoms. The van der Waals surface area contributed by atoms with E-state index >= 15 is 0 Å². The molecule has 5 heteroatoms. The molecule has 1 aromatic carbocycles. The molecule has 0 saturated carbocycles. The predicted molar refractivity (Wildman–Crippen MR) is 77.4 cm³/mol. The Morgan fingerprint density at radius 2 is 2.16 bits per heavy atom. The molecule has 0 aliphatic heterocycles. The Morgan fingerprint density at radius 3 is 2.68 bits per heavy atom. The number of carbonyl (C=O) groups is 2. The molecule has 2 amide bonds. The van der Waals surface area contributed by atoms with Gasteiger partial charge in [0.05, 0.1) is 0 Å². The quantitative estimate of drug-likeness (QED) is 0.842. The van der Waals surface area contributed by atoms with Gasteiger partial charge in [-0.1, -0.05) is 23.7 Å². The number of anilines is 1. The molecule has 0 saturated heterocycles. The first-order valence-electron chi connectivity index (χ1n) is 5.87. The fraction of sp³-hybridized carbons (Fsp3) is 0.286. The molecule has 0 aliphatic carbocycles. The summed E-state index contributed by atoms with van der Waals surface area (Å²) in [5, 5.41) is 3.19. The highest BCUT2D eigenvalue weighted by atomic mass is 35.5. The number of aryl methyl sites for hydroxylation is 1. The molecule has 1 N–H and O–H groups in total. The number of amides is 2. The van der Waals surface area contributed by atoms with Crippen LogP contribution in [0.15, 0.2) is 30.9 Å². The van der Waals surface area contributed by atoms with Crippen molar-refractivity contribution in [1.29, 1.82) is 0 Å². The minimum atomic E-state index is -0.244. The van der Waals surface area contributed by atoms with E-state index in [9.17, 15) is 9.59 Å². The molecule has 0 spiro atoms. The van der Waals surface area contributed by atoms with Crippen LogP contribution < -0.4 is 10.2 Å². The molecule has 0 heterocycles. The van der Waals surface area contributed by atoms with E-state index in [1.807, 2.05) is 13.0 Å². The van der Waals surface area contributed by atoms with Crippen molar-refractivity contribution >= 4 is 29.1 Å². The molecular formula is C14H17ClN2O2. The minimum Gasteiger partial charge on any atom is -0.351 e. The number of benzene rings is 1. The van der Waals surface area contributed by atoms with Crippen molar-refractivity contribution in [3.8, 4) is 0 Å². The number of hydrogen-bond acceptors (Lipinski definition) is 2. The van der Waals surface area contributed by atoms with E-state index < -0.39 is 0 Å². The highest BCUT2D eigenvalue weighted by molar-refractivity contribution is 6.31. The van der Waals surface area contributed by atoms with Crippen molar-refractivity contribution in [3.63, 3.8) is 0 Å². The van der Waals surface area contributed by atoms with Crippen LogP contribution in [0.1, 0.15) is 12.5 Å². The van der Waals surface area contributed by atoms with Crippen molar-refractivity contribution in [3.05, 3.63) is 41.4 Å². The number of rotatable bonds is 5. The highest BCUT2D eigenvalue weighted by Crippen LogP contribution is 2.23. The molecule has 0 aliphatic rings. The van der Waals surface area contributed by atoms with Crippen LogP contribution >= 0.6 is 11.6 Å². The van der Waals surface area contributed by atoms with Gasteiger partial charge in [0, 0.05) is 24.2 Å². The molecule has 0 aromatic heterocycles. The second-order valence-electron chi connectivity index (χ2n) is 4.13. The second kappa shape index (κ2) is 6.95. The number of nitrogens with one attached hydrogen (secondary N) is 1. The number of carbonyl (C=O) groups excluding carboxylic acids is 2. The van der Waals surface area contributed by atoms with Gasteiger partial charge < -0.3 is 10.2 Å². The summed E-state index contributed by atoms with van der Waals surface area (Å²) in [7, 11) is 0. The van der Waals surface area contributed by atoms with E-state index in [1.54, 1.807) is 18.2 Å². The summed E-state index contributed by atoms with van der Waals surface area (Å²) in [6, 6.07) is 5.26. The van der Waals surface area contributed by atoms with Crippen LogP contribution in [0.5, 0.6) is 0 Å². The topological polar surface area (TPSA) is 49.4 Å².